The molecule has 0 unspecified atom stereocenters. The molecule has 6 heteroatoms. The molecule has 4 N–H and O–H groups in total. The molecule has 0 aromatic carbocycles. The van der Waals surface area contributed by atoms with E-state index in [4.69, 9.17) is 20.4 Å². The quantitative estimate of drug-likeness (QED) is 0.315. The molecule has 0 bridgehead atoms. The zero-order chi connectivity index (χ0) is 9.72. The van der Waals surface area contributed by atoms with E-state index in [0.29, 0.717) is 0 Å². The van der Waals surface area contributed by atoms with Gasteiger partial charge >= 0.3 is 0 Å². The minimum absolute atomic E-state index is 0.131. The van der Waals surface area contributed by atoms with Crippen LogP contribution in [-0.4, -0.2) is 56.9 Å². The smallest absolute Gasteiger partial charge is 0.193 e. The van der Waals surface area contributed by atoms with Gasteiger partial charge in [0.15, 0.2) is 5.78 Å². The summed E-state index contributed by atoms with van der Waals surface area (Å²) in [5.74, 6) is -1.07. The molecule has 0 amide bonds. The summed E-state index contributed by atoms with van der Waals surface area (Å²) < 4.78 is 0. The van der Waals surface area contributed by atoms with Crippen LogP contribution >= 0.6 is 12.6 Å². The Bertz CT molecular complexity index is 151. The summed E-state index contributed by atoms with van der Waals surface area (Å²) >= 11 is 3.62. The largest absolute Gasteiger partial charge is 0.394 e. The minimum atomic E-state index is -1.75. The standard InChI is InChI=1S/C6H12O5S/c7-1-3(8)5(10)6(11)4(9)2-12/h3-5,7-10,12H,1-2H2/t3-,4-,5-/m1/s1. The van der Waals surface area contributed by atoms with Crippen LogP contribution in [0.25, 0.3) is 0 Å². The Kier molecular flexibility index (Phi) is 5.43. The molecule has 3 atom stereocenters. The lowest BCUT2D eigenvalue weighted by atomic mass is 10.1. The van der Waals surface area contributed by atoms with Gasteiger partial charge in [0.25, 0.3) is 0 Å². The molecule has 0 aliphatic heterocycles. The molecule has 0 aromatic rings. The normalized spacial score (nSPS) is 18.4. The zero-order valence-corrected chi connectivity index (χ0v) is 7.19. The van der Waals surface area contributed by atoms with Crippen molar-refractivity contribution < 1.29 is 25.2 Å². The third-order valence-electron chi connectivity index (χ3n) is 1.34. The van der Waals surface area contributed by atoms with Crippen LogP contribution < -0.4 is 0 Å². The molecule has 0 heterocycles. The SMILES string of the molecule is O=C([C@H](O)CS)[C@H](O)[C@H](O)CO. The van der Waals surface area contributed by atoms with Crippen LogP contribution in [0.4, 0.5) is 0 Å². The summed E-state index contributed by atoms with van der Waals surface area (Å²) in [6, 6.07) is 0. The molecule has 0 aliphatic carbocycles. The van der Waals surface area contributed by atoms with E-state index in [-0.39, 0.29) is 5.75 Å². The van der Waals surface area contributed by atoms with Crippen LogP contribution in [0.1, 0.15) is 0 Å². The molecule has 0 aliphatic rings. The lowest BCUT2D eigenvalue weighted by molar-refractivity contribution is -0.141. The molecule has 0 aromatic heterocycles. The zero-order valence-electron chi connectivity index (χ0n) is 6.29. The number of rotatable bonds is 5. The summed E-state index contributed by atoms with van der Waals surface area (Å²) in [6.45, 7) is -0.730. The molecule has 0 radical (unpaired) electrons. The number of carbonyl (C=O) groups is 1. The van der Waals surface area contributed by atoms with Gasteiger partial charge in [-0.1, -0.05) is 0 Å². The monoisotopic (exact) mass is 196 g/mol. The first-order chi connectivity index (χ1) is 5.54. The van der Waals surface area contributed by atoms with Crippen LogP contribution in [0.5, 0.6) is 0 Å². The van der Waals surface area contributed by atoms with Gasteiger partial charge in [0.1, 0.15) is 18.3 Å². The fraction of sp³-hybridized carbons (Fsp3) is 0.833. The van der Waals surface area contributed by atoms with Crippen molar-refractivity contribution in [2.24, 2.45) is 0 Å². The van der Waals surface area contributed by atoms with E-state index in [1.165, 1.54) is 0 Å². The summed E-state index contributed by atoms with van der Waals surface area (Å²) in [5, 5.41) is 34.9. The highest BCUT2D eigenvalue weighted by Gasteiger charge is 2.28. The maximum Gasteiger partial charge on any atom is 0.193 e. The van der Waals surface area contributed by atoms with Crippen molar-refractivity contribution in [1.29, 1.82) is 0 Å². The minimum Gasteiger partial charge on any atom is -0.394 e. The average Bonchev–Trinajstić information content (AvgIpc) is 2.12. The molecule has 0 saturated heterocycles. The summed E-state index contributed by atoms with van der Waals surface area (Å²) in [6.07, 6.45) is -4.71. The molecule has 12 heavy (non-hydrogen) atoms. The Hall–Kier alpha value is -0.140. The summed E-state index contributed by atoms with van der Waals surface area (Å²) in [4.78, 5) is 10.9. The highest BCUT2D eigenvalue weighted by molar-refractivity contribution is 7.80. The van der Waals surface area contributed by atoms with Gasteiger partial charge in [-0.25, -0.2) is 0 Å². The third-order valence-corrected chi connectivity index (χ3v) is 1.69. The highest BCUT2D eigenvalue weighted by Crippen LogP contribution is 2.00. The van der Waals surface area contributed by atoms with E-state index < -0.39 is 30.7 Å². The Labute approximate surface area is 75.1 Å². The van der Waals surface area contributed by atoms with Gasteiger partial charge in [-0.15, -0.1) is 0 Å². The van der Waals surface area contributed by atoms with Crippen LogP contribution in [0, 0.1) is 0 Å². The van der Waals surface area contributed by atoms with Crippen LogP contribution in [-0.2, 0) is 4.79 Å². The van der Waals surface area contributed by atoms with Crippen molar-refractivity contribution in [2.75, 3.05) is 12.4 Å². The topological polar surface area (TPSA) is 98.0 Å². The second-order valence-corrected chi connectivity index (χ2v) is 2.66. The van der Waals surface area contributed by atoms with E-state index in [0.717, 1.165) is 0 Å². The van der Waals surface area contributed by atoms with E-state index >= 15 is 0 Å². The fourth-order valence-corrected chi connectivity index (χ4v) is 0.756. The van der Waals surface area contributed by atoms with E-state index in [1.54, 1.807) is 0 Å². The van der Waals surface area contributed by atoms with Crippen molar-refractivity contribution >= 4 is 18.4 Å². The number of carbonyl (C=O) groups excluding carboxylic acids is 1. The maximum absolute atomic E-state index is 10.9. The number of ketones is 1. The molecule has 5 nitrogen and oxygen atoms in total. The summed E-state index contributed by atoms with van der Waals surface area (Å²) in [5.41, 5.74) is 0. The average molecular weight is 196 g/mol. The van der Waals surface area contributed by atoms with Crippen molar-refractivity contribution in [3.8, 4) is 0 Å². The molecule has 72 valence electrons. The Balaban J connectivity index is 4.09. The first-order valence-electron chi connectivity index (χ1n) is 3.34. The number of hydrogen-bond acceptors (Lipinski definition) is 6. The van der Waals surface area contributed by atoms with Crippen LogP contribution in [0.15, 0.2) is 0 Å². The first-order valence-corrected chi connectivity index (χ1v) is 3.97. The van der Waals surface area contributed by atoms with Crippen molar-refractivity contribution in [1.82, 2.24) is 0 Å². The van der Waals surface area contributed by atoms with Crippen molar-refractivity contribution in [2.45, 2.75) is 18.3 Å². The number of aliphatic hydroxyl groups is 4. The number of thiol groups is 1. The second kappa shape index (κ2) is 5.50. The van der Waals surface area contributed by atoms with E-state index in [1.807, 2.05) is 0 Å². The van der Waals surface area contributed by atoms with Gasteiger partial charge in [-0.05, 0) is 0 Å². The fourth-order valence-electron chi connectivity index (χ4n) is 0.577. The van der Waals surface area contributed by atoms with Crippen molar-refractivity contribution in [3.05, 3.63) is 0 Å². The molecule has 0 saturated carbocycles. The van der Waals surface area contributed by atoms with E-state index in [9.17, 15) is 4.79 Å². The van der Waals surface area contributed by atoms with Gasteiger partial charge in [-0.3, -0.25) is 4.79 Å². The first kappa shape index (κ1) is 11.9. The maximum atomic E-state index is 10.9. The Morgan fingerprint density at radius 1 is 1.33 bits per heavy atom. The molecule has 0 rings (SSSR count). The lowest BCUT2D eigenvalue weighted by Gasteiger charge is -2.16. The van der Waals surface area contributed by atoms with E-state index in [2.05, 4.69) is 12.6 Å². The van der Waals surface area contributed by atoms with Gasteiger partial charge in [-0.2, -0.15) is 12.6 Å². The highest BCUT2D eigenvalue weighted by atomic mass is 32.1. The second-order valence-electron chi connectivity index (χ2n) is 2.30. The molecular formula is C6H12O5S. The predicted octanol–water partition coefficient (Wildman–Crippen LogP) is -2.44. The number of Topliss-reactive ketones (excluding diaryl/α,β-unsaturated/α-hetero) is 1. The lowest BCUT2D eigenvalue weighted by Crippen LogP contribution is -2.42. The predicted molar refractivity (Wildman–Crippen MR) is 44.0 cm³/mol. The van der Waals surface area contributed by atoms with Gasteiger partial charge in [0.2, 0.25) is 0 Å². The van der Waals surface area contributed by atoms with Gasteiger partial charge in [0, 0.05) is 5.75 Å². The Morgan fingerprint density at radius 3 is 2.17 bits per heavy atom. The van der Waals surface area contributed by atoms with Gasteiger partial charge < -0.3 is 20.4 Å². The molecule has 0 fully saturated rings. The van der Waals surface area contributed by atoms with Crippen molar-refractivity contribution in [3.63, 3.8) is 0 Å². The number of aliphatic hydroxyl groups excluding tert-OH is 4. The summed E-state index contributed by atoms with van der Waals surface area (Å²) in [7, 11) is 0. The molecule has 0 spiro atoms. The third kappa shape index (κ3) is 3.08. The Morgan fingerprint density at radius 2 is 1.83 bits per heavy atom. The molecular weight excluding hydrogens is 184 g/mol. The van der Waals surface area contributed by atoms with Crippen LogP contribution in [0.3, 0.4) is 0 Å². The van der Waals surface area contributed by atoms with Gasteiger partial charge in [0.05, 0.1) is 6.61 Å². The number of hydrogen-bond donors (Lipinski definition) is 5. The van der Waals surface area contributed by atoms with Crippen LogP contribution in [0.2, 0.25) is 0 Å².